The average Bonchev–Trinajstić information content (AvgIpc) is 3.27. The first kappa shape index (κ1) is 34.8. The summed E-state index contributed by atoms with van der Waals surface area (Å²) in [4.78, 5) is 2.37. The normalized spacial score (nSPS) is 11.2. The number of para-hydroxylation sites is 1. The van der Waals surface area contributed by atoms with Gasteiger partial charge in [0, 0.05) is 17.1 Å². The Kier molecular flexibility index (Phi) is 10.3. The van der Waals surface area contributed by atoms with Crippen molar-refractivity contribution in [2.24, 2.45) is 0 Å². The van der Waals surface area contributed by atoms with Gasteiger partial charge in [0.1, 0.15) is 0 Å². The largest absolute Gasteiger partial charge is 0.310 e. The zero-order valence-corrected chi connectivity index (χ0v) is 30.7. The van der Waals surface area contributed by atoms with Gasteiger partial charge in [-0.2, -0.15) is 0 Å². The van der Waals surface area contributed by atoms with Crippen molar-refractivity contribution in [3.05, 3.63) is 243 Å². The lowest BCUT2D eigenvalue weighted by molar-refractivity contribution is 1.28. The maximum atomic E-state index is 4.00. The van der Waals surface area contributed by atoms with Crippen LogP contribution in [0, 0.1) is 0 Å². The third kappa shape index (κ3) is 7.51. The summed E-state index contributed by atoms with van der Waals surface area (Å²) in [7, 11) is 0. The zero-order valence-electron chi connectivity index (χ0n) is 30.7. The topological polar surface area (TPSA) is 3.24 Å². The van der Waals surface area contributed by atoms with Crippen LogP contribution in [0.1, 0.15) is 5.56 Å². The molecule has 0 aliphatic carbocycles. The molecule has 0 saturated carbocycles. The van der Waals surface area contributed by atoms with Crippen molar-refractivity contribution < 1.29 is 0 Å². The molecule has 0 unspecified atom stereocenters. The Morgan fingerprint density at radius 3 is 1.18 bits per heavy atom. The highest BCUT2D eigenvalue weighted by molar-refractivity contribution is 5.92. The molecule has 55 heavy (non-hydrogen) atoms. The van der Waals surface area contributed by atoms with Gasteiger partial charge in [0.15, 0.2) is 0 Å². The van der Waals surface area contributed by atoms with Crippen LogP contribution in [0.5, 0.6) is 0 Å². The molecule has 0 aliphatic heterocycles. The Balaban J connectivity index is 1.26. The molecule has 0 bridgehead atoms. The van der Waals surface area contributed by atoms with E-state index >= 15 is 0 Å². The number of hydrogen-bond acceptors (Lipinski definition) is 1. The van der Waals surface area contributed by atoms with Gasteiger partial charge in [-0.3, -0.25) is 0 Å². The van der Waals surface area contributed by atoms with Crippen molar-refractivity contribution in [2.45, 2.75) is 0 Å². The lowest BCUT2D eigenvalue weighted by Crippen LogP contribution is -2.10. The van der Waals surface area contributed by atoms with Crippen molar-refractivity contribution in [3.8, 4) is 55.6 Å². The van der Waals surface area contributed by atoms with Crippen LogP contribution in [-0.2, 0) is 0 Å². The van der Waals surface area contributed by atoms with Crippen LogP contribution in [0.4, 0.5) is 17.1 Å². The molecule has 0 fully saturated rings. The second-order valence-corrected chi connectivity index (χ2v) is 13.4. The number of rotatable bonds is 11. The second kappa shape index (κ2) is 16.2. The Labute approximate surface area is 325 Å². The lowest BCUT2D eigenvalue weighted by Gasteiger charge is -2.28. The highest BCUT2D eigenvalue weighted by Crippen LogP contribution is 2.43. The Morgan fingerprint density at radius 2 is 0.727 bits per heavy atom. The average molecular weight is 704 g/mol. The monoisotopic (exact) mass is 703 g/mol. The van der Waals surface area contributed by atoms with Crippen molar-refractivity contribution in [3.63, 3.8) is 0 Å². The summed E-state index contributed by atoms with van der Waals surface area (Å²) in [5.41, 5.74) is 17.2. The van der Waals surface area contributed by atoms with Crippen LogP contribution < -0.4 is 4.90 Å². The van der Waals surface area contributed by atoms with Crippen LogP contribution in [-0.4, -0.2) is 0 Å². The summed E-state index contributed by atoms with van der Waals surface area (Å²) in [5.74, 6) is 0. The van der Waals surface area contributed by atoms with Gasteiger partial charge in [-0.25, -0.2) is 0 Å². The molecule has 0 amide bonds. The van der Waals surface area contributed by atoms with E-state index in [0.717, 1.165) is 44.9 Å². The highest BCUT2D eigenvalue weighted by Gasteiger charge is 2.19. The zero-order chi connectivity index (χ0) is 37.4. The fraction of sp³-hybridized carbons (Fsp3) is 0. The first-order valence-electron chi connectivity index (χ1n) is 18.7. The molecule has 0 aliphatic rings. The molecular weight excluding hydrogens is 663 g/mol. The number of allylic oxidation sites excluding steroid dienone is 4. The molecule has 8 aromatic carbocycles. The van der Waals surface area contributed by atoms with Crippen LogP contribution >= 0.6 is 0 Å². The Morgan fingerprint density at radius 1 is 0.345 bits per heavy atom. The molecule has 0 aromatic heterocycles. The maximum absolute atomic E-state index is 4.00. The first-order valence-corrected chi connectivity index (χ1v) is 18.7. The lowest BCUT2D eigenvalue weighted by atomic mass is 9.91. The van der Waals surface area contributed by atoms with E-state index in [0.29, 0.717) is 0 Å². The molecule has 1 nitrogen and oxygen atoms in total. The van der Waals surface area contributed by atoms with Crippen molar-refractivity contribution in [1.29, 1.82) is 0 Å². The van der Waals surface area contributed by atoms with Gasteiger partial charge in [-0.1, -0.05) is 201 Å². The summed E-state index contributed by atoms with van der Waals surface area (Å²) in [6.45, 7) is 7.87. The first-order chi connectivity index (χ1) is 27.2. The van der Waals surface area contributed by atoms with E-state index in [2.05, 4.69) is 224 Å². The summed E-state index contributed by atoms with van der Waals surface area (Å²) >= 11 is 0. The summed E-state index contributed by atoms with van der Waals surface area (Å²) < 4.78 is 0. The van der Waals surface area contributed by atoms with Gasteiger partial charge in [0.2, 0.25) is 0 Å². The van der Waals surface area contributed by atoms with Crippen molar-refractivity contribution in [1.82, 2.24) is 0 Å². The summed E-state index contributed by atoms with van der Waals surface area (Å²) in [6.07, 6.45) is 5.66. The van der Waals surface area contributed by atoms with Crippen LogP contribution in [0.2, 0.25) is 0 Å². The van der Waals surface area contributed by atoms with E-state index in [1.54, 1.807) is 6.08 Å². The number of nitrogens with zero attached hydrogens (tertiary/aromatic N) is 1. The van der Waals surface area contributed by atoms with Gasteiger partial charge in [-0.05, 0) is 103 Å². The highest BCUT2D eigenvalue weighted by atomic mass is 15.1. The van der Waals surface area contributed by atoms with Gasteiger partial charge < -0.3 is 4.90 Å². The molecule has 0 heterocycles. The van der Waals surface area contributed by atoms with E-state index in [4.69, 9.17) is 0 Å². The van der Waals surface area contributed by atoms with E-state index in [1.165, 1.54) is 38.9 Å². The third-order valence-electron chi connectivity index (χ3n) is 10.1. The predicted octanol–water partition coefficient (Wildman–Crippen LogP) is 15.2. The smallest absolute Gasteiger partial charge is 0.0468 e. The molecule has 0 N–H and O–H groups in total. The molecule has 8 rings (SSSR count). The van der Waals surface area contributed by atoms with Crippen LogP contribution in [0.25, 0.3) is 61.2 Å². The molecule has 262 valence electrons. The van der Waals surface area contributed by atoms with Gasteiger partial charge >= 0.3 is 0 Å². The Hall–Kier alpha value is -7.22. The van der Waals surface area contributed by atoms with E-state index < -0.39 is 0 Å². The minimum absolute atomic E-state index is 1.05. The number of benzene rings is 8. The molecule has 0 spiro atoms. The summed E-state index contributed by atoms with van der Waals surface area (Å²) in [5, 5.41) is 0. The SMILES string of the molecule is C=C/C=C(\C=C)c1ccc(-c2ccc(N(c3ccccc3)c3ccc(-c4ccc(-c5ccccc5)cc4)c(-c4ccccc4)c3)cc2-c2ccccc2)cc1. The van der Waals surface area contributed by atoms with Gasteiger partial charge in [0.05, 0.1) is 0 Å². The molecular formula is C54H41N. The van der Waals surface area contributed by atoms with E-state index in [9.17, 15) is 0 Å². The van der Waals surface area contributed by atoms with Crippen LogP contribution in [0.15, 0.2) is 238 Å². The number of hydrogen-bond donors (Lipinski definition) is 0. The van der Waals surface area contributed by atoms with Crippen molar-refractivity contribution >= 4 is 22.6 Å². The molecule has 0 atom stereocenters. The van der Waals surface area contributed by atoms with E-state index in [-0.39, 0.29) is 0 Å². The molecule has 1 heteroatoms. The maximum Gasteiger partial charge on any atom is 0.0468 e. The quantitative estimate of drug-likeness (QED) is 0.121. The fourth-order valence-electron chi connectivity index (χ4n) is 7.31. The summed E-state index contributed by atoms with van der Waals surface area (Å²) in [6, 6.07) is 73.9. The standard InChI is InChI=1S/C54H41N/c1-3-17-40(4-2)42-26-30-46(31-27-42)51-36-34-49(38-53(51)44-20-11-6-12-21-44)55(48-24-15-8-16-25-48)50-35-37-52(54(39-50)45-22-13-7-14-23-45)47-32-28-43(29-33-47)41-18-9-5-10-19-41/h3-39H,1-2H2/b40-17+. The van der Waals surface area contributed by atoms with Gasteiger partial charge in [0.25, 0.3) is 0 Å². The second-order valence-electron chi connectivity index (χ2n) is 13.4. The molecule has 8 aromatic rings. The Bertz CT molecular complexity index is 2570. The fourth-order valence-corrected chi connectivity index (χ4v) is 7.31. The van der Waals surface area contributed by atoms with E-state index in [1.807, 2.05) is 12.2 Å². The number of anilines is 3. The third-order valence-corrected chi connectivity index (χ3v) is 10.1. The van der Waals surface area contributed by atoms with Crippen LogP contribution in [0.3, 0.4) is 0 Å². The molecule has 0 saturated heterocycles. The van der Waals surface area contributed by atoms with Gasteiger partial charge in [-0.15, -0.1) is 0 Å². The predicted molar refractivity (Wildman–Crippen MR) is 237 cm³/mol. The molecule has 0 radical (unpaired) electrons. The van der Waals surface area contributed by atoms with Crippen molar-refractivity contribution in [2.75, 3.05) is 4.90 Å². The minimum atomic E-state index is 1.05. The minimum Gasteiger partial charge on any atom is -0.310 e.